The molecule has 2 aromatic rings. The van der Waals surface area contributed by atoms with Crippen LogP contribution in [0.3, 0.4) is 0 Å². The van der Waals surface area contributed by atoms with Gasteiger partial charge in [0.2, 0.25) is 0 Å². The van der Waals surface area contributed by atoms with E-state index in [0.29, 0.717) is 12.8 Å². The number of hydrogen-bond acceptors (Lipinski definition) is 2. The molecule has 1 N–H and O–H groups in total. The minimum absolute atomic E-state index is 0.0391. The van der Waals surface area contributed by atoms with E-state index in [1.807, 2.05) is 30.3 Å². The van der Waals surface area contributed by atoms with Gasteiger partial charge < -0.3 is 9.84 Å². The van der Waals surface area contributed by atoms with E-state index in [0.717, 1.165) is 17.7 Å². The third kappa shape index (κ3) is 3.84. The van der Waals surface area contributed by atoms with Crippen molar-refractivity contribution in [3.05, 3.63) is 70.8 Å². The van der Waals surface area contributed by atoms with Crippen molar-refractivity contribution in [3.8, 4) is 5.75 Å². The second-order valence-corrected chi connectivity index (χ2v) is 5.79. The van der Waals surface area contributed by atoms with Crippen LogP contribution < -0.4 is 4.74 Å². The standard InChI is InChI=1S/C19H15F3O3/c20-19(21,22)14-7-9-16-13(10-14)11-15(18(23)24)17(25-16)8-6-12-4-2-1-3-5-12/h1-5,7,9-11,17H,6,8H2,(H,23,24). The van der Waals surface area contributed by atoms with Crippen molar-refractivity contribution >= 4 is 12.0 Å². The summed E-state index contributed by atoms with van der Waals surface area (Å²) in [6, 6.07) is 12.6. The quantitative estimate of drug-likeness (QED) is 0.881. The lowest BCUT2D eigenvalue weighted by Crippen LogP contribution is -2.28. The van der Waals surface area contributed by atoms with Crippen LogP contribution in [0, 0.1) is 0 Å². The van der Waals surface area contributed by atoms with Gasteiger partial charge in [0.05, 0.1) is 11.1 Å². The number of ether oxygens (including phenoxy) is 1. The number of hydrogen-bond donors (Lipinski definition) is 1. The molecule has 1 atom stereocenters. The van der Waals surface area contributed by atoms with Gasteiger partial charge in [0.25, 0.3) is 0 Å². The first-order chi connectivity index (χ1) is 11.8. The van der Waals surface area contributed by atoms with Crippen LogP contribution in [0.2, 0.25) is 0 Å². The maximum atomic E-state index is 12.8. The van der Waals surface area contributed by atoms with E-state index < -0.39 is 23.8 Å². The largest absolute Gasteiger partial charge is 0.485 e. The van der Waals surface area contributed by atoms with Gasteiger partial charge in [-0.1, -0.05) is 30.3 Å². The van der Waals surface area contributed by atoms with Crippen molar-refractivity contribution < 1.29 is 27.8 Å². The van der Waals surface area contributed by atoms with Gasteiger partial charge >= 0.3 is 12.1 Å². The van der Waals surface area contributed by atoms with Crippen molar-refractivity contribution in [1.82, 2.24) is 0 Å². The summed E-state index contributed by atoms with van der Waals surface area (Å²) in [6.45, 7) is 0. The van der Waals surface area contributed by atoms with Crippen molar-refractivity contribution in [2.24, 2.45) is 0 Å². The second-order valence-electron chi connectivity index (χ2n) is 5.79. The van der Waals surface area contributed by atoms with Gasteiger partial charge in [0, 0.05) is 5.56 Å². The molecule has 3 nitrogen and oxygen atoms in total. The molecule has 0 fully saturated rings. The molecule has 0 bridgehead atoms. The molecule has 0 saturated carbocycles. The number of fused-ring (bicyclic) bond motifs is 1. The molecule has 1 aliphatic rings. The molecule has 1 heterocycles. The fourth-order valence-electron chi connectivity index (χ4n) is 2.78. The van der Waals surface area contributed by atoms with Crippen LogP contribution in [-0.2, 0) is 17.4 Å². The predicted octanol–water partition coefficient (Wildman–Crippen LogP) is 4.57. The summed E-state index contributed by atoms with van der Waals surface area (Å²) in [6.07, 6.45) is -2.90. The van der Waals surface area contributed by atoms with Gasteiger partial charge in [-0.2, -0.15) is 13.2 Å². The fourth-order valence-corrected chi connectivity index (χ4v) is 2.78. The first-order valence-corrected chi connectivity index (χ1v) is 7.71. The van der Waals surface area contributed by atoms with E-state index in [4.69, 9.17) is 4.74 Å². The molecule has 0 radical (unpaired) electrons. The fraction of sp³-hybridized carbons (Fsp3) is 0.211. The minimum atomic E-state index is -4.49. The summed E-state index contributed by atoms with van der Waals surface area (Å²) in [7, 11) is 0. The van der Waals surface area contributed by atoms with Crippen LogP contribution in [0.5, 0.6) is 5.75 Å². The van der Waals surface area contributed by atoms with Crippen LogP contribution in [-0.4, -0.2) is 17.2 Å². The molecule has 0 saturated heterocycles. The topological polar surface area (TPSA) is 46.5 Å². The Morgan fingerprint density at radius 1 is 1.12 bits per heavy atom. The number of rotatable bonds is 4. The highest BCUT2D eigenvalue weighted by molar-refractivity contribution is 5.94. The summed E-state index contributed by atoms with van der Waals surface area (Å²) in [5.41, 5.74) is 0.290. The van der Waals surface area contributed by atoms with Crippen molar-refractivity contribution in [2.45, 2.75) is 25.1 Å². The average molecular weight is 348 g/mol. The summed E-state index contributed by atoms with van der Waals surface area (Å²) >= 11 is 0. The van der Waals surface area contributed by atoms with Crippen LogP contribution in [0.4, 0.5) is 13.2 Å². The molecule has 3 rings (SSSR count). The van der Waals surface area contributed by atoms with Gasteiger partial charge in [-0.15, -0.1) is 0 Å². The van der Waals surface area contributed by atoms with E-state index in [2.05, 4.69) is 0 Å². The SMILES string of the molecule is O=C(O)C1=Cc2cc(C(F)(F)F)ccc2OC1CCc1ccccc1. The zero-order valence-corrected chi connectivity index (χ0v) is 13.1. The number of carbonyl (C=O) groups is 1. The smallest absolute Gasteiger partial charge is 0.416 e. The van der Waals surface area contributed by atoms with Gasteiger partial charge in [0.1, 0.15) is 11.9 Å². The molecule has 0 aliphatic carbocycles. The number of aliphatic carboxylic acids is 1. The minimum Gasteiger partial charge on any atom is -0.485 e. The number of benzene rings is 2. The molecule has 130 valence electrons. The van der Waals surface area contributed by atoms with E-state index in [1.165, 1.54) is 12.1 Å². The van der Waals surface area contributed by atoms with Crippen molar-refractivity contribution in [3.63, 3.8) is 0 Å². The Bertz CT molecular complexity index is 810. The Kier molecular flexibility index (Phi) is 4.53. The van der Waals surface area contributed by atoms with E-state index in [9.17, 15) is 23.1 Å². The third-order valence-corrected chi connectivity index (χ3v) is 4.05. The number of carboxylic acid groups (broad SMARTS) is 1. The van der Waals surface area contributed by atoms with E-state index >= 15 is 0 Å². The number of halogens is 3. The molecular formula is C19H15F3O3. The summed E-state index contributed by atoms with van der Waals surface area (Å²) < 4.78 is 44.1. The molecule has 1 aliphatic heterocycles. The van der Waals surface area contributed by atoms with E-state index in [-0.39, 0.29) is 16.9 Å². The van der Waals surface area contributed by atoms with Crippen LogP contribution in [0.1, 0.15) is 23.1 Å². The maximum absolute atomic E-state index is 12.8. The zero-order valence-electron chi connectivity index (χ0n) is 13.1. The summed E-state index contributed by atoms with van der Waals surface area (Å²) in [4.78, 5) is 11.5. The molecule has 0 amide bonds. The Balaban J connectivity index is 1.86. The second kappa shape index (κ2) is 6.63. The molecular weight excluding hydrogens is 333 g/mol. The van der Waals surface area contributed by atoms with Crippen molar-refractivity contribution in [2.75, 3.05) is 0 Å². The first kappa shape index (κ1) is 17.1. The highest BCUT2D eigenvalue weighted by Gasteiger charge is 2.33. The lowest BCUT2D eigenvalue weighted by Gasteiger charge is -2.26. The maximum Gasteiger partial charge on any atom is 0.416 e. The monoisotopic (exact) mass is 348 g/mol. The first-order valence-electron chi connectivity index (χ1n) is 7.71. The molecule has 1 unspecified atom stereocenters. The molecule has 0 spiro atoms. The van der Waals surface area contributed by atoms with Crippen LogP contribution in [0.15, 0.2) is 54.1 Å². The van der Waals surface area contributed by atoms with Crippen LogP contribution in [0.25, 0.3) is 6.08 Å². The Morgan fingerprint density at radius 3 is 2.48 bits per heavy atom. The number of carboxylic acids is 1. The summed E-state index contributed by atoms with van der Waals surface area (Å²) in [5, 5.41) is 9.39. The highest BCUT2D eigenvalue weighted by Crippen LogP contribution is 2.37. The molecule has 2 aromatic carbocycles. The van der Waals surface area contributed by atoms with Gasteiger partial charge in [0.15, 0.2) is 0 Å². The van der Waals surface area contributed by atoms with Crippen molar-refractivity contribution in [1.29, 1.82) is 0 Å². The van der Waals surface area contributed by atoms with E-state index in [1.54, 1.807) is 0 Å². The molecule has 6 heteroatoms. The molecule has 25 heavy (non-hydrogen) atoms. The molecule has 0 aromatic heterocycles. The van der Waals surface area contributed by atoms with Gasteiger partial charge in [-0.25, -0.2) is 4.79 Å². The number of alkyl halides is 3. The predicted molar refractivity (Wildman–Crippen MR) is 86.2 cm³/mol. The van der Waals surface area contributed by atoms with Gasteiger partial charge in [-0.05, 0) is 42.7 Å². The Morgan fingerprint density at radius 2 is 1.84 bits per heavy atom. The lowest BCUT2D eigenvalue weighted by atomic mass is 9.95. The highest BCUT2D eigenvalue weighted by atomic mass is 19.4. The zero-order chi connectivity index (χ0) is 18.0. The summed E-state index contributed by atoms with van der Waals surface area (Å²) in [5.74, 6) is -0.933. The Labute approximate surface area is 142 Å². The van der Waals surface area contributed by atoms with Gasteiger partial charge in [-0.3, -0.25) is 0 Å². The number of aryl methyl sites for hydroxylation is 1. The lowest BCUT2D eigenvalue weighted by molar-refractivity contribution is -0.137. The third-order valence-electron chi connectivity index (χ3n) is 4.05. The normalized spacial score (nSPS) is 16.6. The Hall–Kier alpha value is -2.76. The average Bonchev–Trinajstić information content (AvgIpc) is 2.58. The van der Waals surface area contributed by atoms with Crippen LogP contribution >= 0.6 is 0 Å².